The molecule has 0 aliphatic rings. The monoisotopic (exact) mass is 335 g/mol. The minimum Gasteiger partial charge on any atom is -0.497 e. The number of aliphatic hydroxyl groups is 1. The molecule has 0 spiro atoms. The number of aliphatic imine (C=N–C) groups is 1. The quantitative estimate of drug-likeness (QED) is 0.349. The molecule has 0 aliphatic carbocycles. The Kier molecular flexibility index (Phi) is 9.92. The second-order valence-electron chi connectivity index (χ2n) is 6.05. The van der Waals surface area contributed by atoms with Crippen molar-refractivity contribution in [1.82, 2.24) is 10.6 Å². The maximum absolute atomic E-state index is 10.3. The van der Waals surface area contributed by atoms with Crippen LogP contribution in [0.25, 0.3) is 0 Å². The van der Waals surface area contributed by atoms with Crippen LogP contribution in [0.15, 0.2) is 29.3 Å². The third-order valence-corrected chi connectivity index (χ3v) is 3.87. The Morgan fingerprint density at radius 2 is 2.08 bits per heavy atom. The molecule has 1 aromatic rings. The van der Waals surface area contributed by atoms with Crippen molar-refractivity contribution in [3.05, 3.63) is 29.8 Å². The molecule has 0 amide bonds. The van der Waals surface area contributed by atoms with Gasteiger partial charge >= 0.3 is 0 Å². The minimum atomic E-state index is -0.647. The Morgan fingerprint density at radius 3 is 2.75 bits per heavy atom. The number of rotatable bonds is 10. The molecule has 0 fully saturated rings. The molecule has 0 saturated heterocycles. The van der Waals surface area contributed by atoms with E-state index in [1.807, 2.05) is 31.2 Å². The zero-order valence-electron chi connectivity index (χ0n) is 15.5. The van der Waals surface area contributed by atoms with Gasteiger partial charge in [0.15, 0.2) is 5.96 Å². The van der Waals surface area contributed by atoms with Gasteiger partial charge in [0.05, 0.1) is 19.8 Å². The molecule has 5 heteroatoms. The largest absolute Gasteiger partial charge is 0.497 e. The van der Waals surface area contributed by atoms with Crippen LogP contribution in [-0.2, 0) is 0 Å². The number of nitrogens with one attached hydrogen (secondary N) is 2. The maximum Gasteiger partial charge on any atom is 0.191 e. The molecule has 0 heterocycles. The average Bonchev–Trinajstić information content (AvgIpc) is 2.59. The lowest BCUT2D eigenvalue weighted by molar-refractivity contribution is 0.186. The van der Waals surface area contributed by atoms with Crippen molar-refractivity contribution < 1.29 is 9.84 Å². The van der Waals surface area contributed by atoms with Crippen LogP contribution in [-0.4, -0.2) is 37.3 Å². The molecule has 5 nitrogen and oxygen atoms in total. The molecular formula is C19H33N3O2. The Bertz CT molecular complexity index is 491. The highest BCUT2D eigenvalue weighted by Gasteiger charge is 2.10. The Morgan fingerprint density at radius 1 is 1.29 bits per heavy atom. The van der Waals surface area contributed by atoms with Gasteiger partial charge in [-0.25, -0.2) is 0 Å². The third kappa shape index (κ3) is 7.68. The molecule has 0 aromatic heterocycles. The number of aliphatic hydroxyl groups excluding tert-OH is 1. The molecule has 136 valence electrons. The molecule has 2 atom stereocenters. The normalized spacial score (nSPS) is 14.1. The molecule has 0 aliphatic heterocycles. The second kappa shape index (κ2) is 11.7. The fourth-order valence-electron chi connectivity index (χ4n) is 2.46. The van der Waals surface area contributed by atoms with Crippen LogP contribution in [0, 0.1) is 0 Å². The summed E-state index contributed by atoms with van der Waals surface area (Å²) in [6.45, 7) is 7.52. The van der Waals surface area contributed by atoms with E-state index in [2.05, 4.69) is 29.5 Å². The fourth-order valence-corrected chi connectivity index (χ4v) is 2.46. The summed E-state index contributed by atoms with van der Waals surface area (Å²) in [6.07, 6.45) is 4.18. The highest BCUT2D eigenvalue weighted by atomic mass is 16.5. The molecule has 0 radical (unpaired) electrons. The molecule has 3 N–H and O–H groups in total. The summed E-state index contributed by atoms with van der Waals surface area (Å²) in [6, 6.07) is 7.83. The van der Waals surface area contributed by atoms with Crippen molar-refractivity contribution in [2.75, 3.05) is 20.2 Å². The lowest BCUT2D eigenvalue weighted by Crippen LogP contribution is -2.42. The molecule has 0 saturated carbocycles. The van der Waals surface area contributed by atoms with E-state index in [1.165, 1.54) is 19.3 Å². The maximum atomic E-state index is 10.3. The lowest BCUT2D eigenvalue weighted by Gasteiger charge is -2.18. The van der Waals surface area contributed by atoms with Gasteiger partial charge in [-0.3, -0.25) is 4.99 Å². The zero-order chi connectivity index (χ0) is 17.8. The van der Waals surface area contributed by atoms with Crippen LogP contribution in [0.5, 0.6) is 5.75 Å². The van der Waals surface area contributed by atoms with E-state index < -0.39 is 6.10 Å². The lowest BCUT2D eigenvalue weighted by atomic mass is 10.1. The van der Waals surface area contributed by atoms with Crippen molar-refractivity contribution in [2.45, 2.75) is 58.6 Å². The van der Waals surface area contributed by atoms with E-state index in [0.717, 1.165) is 30.2 Å². The Labute approximate surface area is 146 Å². The summed E-state index contributed by atoms with van der Waals surface area (Å²) in [5.74, 6) is 1.49. The van der Waals surface area contributed by atoms with E-state index in [0.29, 0.717) is 12.6 Å². The number of guanidine groups is 1. The molecular weight excluding hydrogens is 302 g/mol. The van der Waals surface area contributed by atoms with Crippen molar-refractivity contribution in [2.24, 2.45) is 4.99 Å². The van der Waals surface area contributed by atoms with Crippen molar-refractivity contribution >= 4 is 5.96 Å². The van der Waals surface area contributed by atoms with Crippen LogP contribution in [0.3, 0.4) is 0 Å². The predicted molar refractivity (Wildman–Crippen MR) is 101 cm³/mol. The number of unbranched alkanes of at least 4 members (excludes halogenated alkanes) is 2. The summed E-state index contributed by atoms with van der Waals surface area (Å²) in [5.41, 5.74) is 0.810. The molecule has 24 heavy (non-hydrogen) atoms. The number of nitrogens with zero attached hydrogens (tertiary/aromatic N) is 1. The fraction of sp³-hybridized carbons (Fsp3) is 0.632. The van der Waals surface area contributed by atoms with Crippen LogP contribution < -0.4 is 15.4 Å². The van der Waals surface area contributed by atoms with E-state index in [4.69, 9.17) is 4.74 Å². The van der Waals surface area contributed by atoms with Gasteiger partial charge in [0.2, 0.25) is 0 Å². The number of hydrogen-bond donors (Lipinski definition) is 3. The molecule has 0 bridgehead atoms. The number of benzene rings is 1. The van der Waals surface area contributed by atoms with Gasteiger partial charge in [0.25, 0.3) is 0 Å². The third-order valence-electron chi connectivity index (χ3n) is 3.87. The molecule has 1 rings (SSSR count). The summed E-state index contributed by atoms with van der Waals surface area (Å²) >= 11 is 0. The predicted octanol–water partition coefficient (Wildman–Crippen LogP) is 3.25. The summed E-state index contributed by atoms with van der Waals surface area (Å²) in [4.78, 5) is 4.52. The number of ether oxygens (including phenoxy) is 1. The van der Waals surface area contributed by atoms with Crippen molar-refractivity contribution in [1.29, 1.82) is 0 Å². The van der Waals surface area contributed by atoms with Crippen LogP contribution >= 0.6 is 0 Å². The summed E-state index contributed by atoms with van der Waals surface area (Å²) in [5, 5.41) is 17.0. The van der Waals surface area contributed by atoms with Gasteiger partial charge in [0, 0.05) is 12.6 Å². The van der Waals surface area contributed by atoms with Gasteiger partial charge < -0.3 is 20.5 Å². The first-order valence-corrected chi connectivity index (χ1v) is 8.97. The van der Waals surface area contributed by atoms with Crippen LogP contribution in [0.1, 0.15) is 58.1 Å². The molecule has 1 aromatic carbocycles. The van der Waals surface area contributed by atoms with E-state index in [1.54, 1.807) is 7.11 Å². The van der Waals surface area contributed by atoms with Gasteiger partial charge in [-0.15, -0.1) is 0 Å². The highest BCUT2D eigenvalue weighted by molar-refractivity contribution is 5.80. The van der Waals surface area contributed by atoms with E-state index in [9.17, 15) is 5.11 Å². The Balaban J connectivity index is 2.60. The summed E-state index contributed by atoms with van der Waals surface area (Å²) in [7, 11) is 1.62. The van der Waals surface area contributed by atoms with E-state index >= 15 is 0 Å². The standard InChI is InChI=1S/C19H33N3O2/c1-5-7-8-10-15(3)22-19(20-6-2)21-14-18(23)16-11-9-12-17(13-16)24-4/h9,11-13,15,18,23H,5-8,10,14H2,1-4H3,(H2,20,21,22). The van der Waals surface area contributed by atoms with E-state index in [-0.39, 0.29) is 0 Å². The average molecular weight is 335 g/mol. The topological polar surface area (TPSA) is 65.9 Å². The first-order valence-electron chi connectivity index (χ1n) is 8.97. The minimum absolute atomic E-state index is 0.310. The first kappa shape index (κ1) is 20.3. The highest BCUT2D eigenvalue weighted by Crippen LogP contribution is 2.19. The first-order chi connectivity index (χ1) is 11.6. The number of methoxy groups -OCH3 is 1. The SMILES string of the molecule is CCCCCC(C)NC(=NCC(O)c1cccc(OC)c1)NCC. The number of hydrogen-bond acceptors (Lipinski definition) is 3. The van der Waals surface area contributed by atoms with Crippen LogP contribution in [0.2, 0.25) is 0 Å². The smallest absolute Gasteiger partial charge is 0.191 e. The molecule has 2 unspecified atom stereocenters. The second-order valence-corrected chi connectivity index (χ2v) is 6.05. The zero-order valence-corrected chi connectivity index (χ0v) is 15.5. The van der Waals surface area contributed by atoms with Gasteiger partial charge in [-0.1, -0.05) is 38.3 Å². The summed E-state index contributed by atoms with van der Waals surface area (Å²) < 4.78 is 5.20. The van der Waals surface area contributed by atoms with Crippen molar-refractivity contribution in [3.8, 4) is 5.75 Å². The van der Waals surface area contributed by atoms with Crippen LogP contribution in [0.4, 0.5) is 0 Å². The van der Waals surface area contributed by atoms with Gasteiger partial charge in [-0.05, 0) is 38.0 Å². The Hall–Kier alpha value is -1.75. The van der Waals surface area contributed by atoms with Gasteiger partial charge in [0.1, 0.15) is 5.75 Å². The van der Waals surface area contributed by atoms with Gasteiger partial charge in [-0.2, -0.15) is 0 Å². The van der Waals surface area contributed by atoms with Crippen molar-refractivity contribution in [3.63, 3.8) is 0 Å².